The number of rotatable bonds is 5. The van der Waals surface area contributed by atoms with Gasteiger partial charge in [0.1, 0.15) is 23.9 Å². The van der Waals surface area contributed by atoms with E-state index in [-0.39, 0.29) is 12.4 Å². The van der Waals surface area contributed by atoms with Crippen LogP contribution in [0, 0.1) is 6.92 Å². The first-order valence-corrected chi connectivity index (χ1v) is 11.7. The fourth-order valence-corrected chi connectivity index (χ4v) is 4.78. The first-order chi connectivity index (χ1) is 17.0. The Bertz CT molecular complexity index is 1440. The van der Waals surface area contributed by atoms with Crippen molar-refractivity contribution in [3.05, 3.63) is 64.2 Å². The molecule has 2 aliphatic rings. The van der Waals surface area contributed by atoms with Gasteiger partial charge < -0.3 is 9.32 Å². The summed E-state index contributed by atoms with van der Waals surface area (Å²) in [6, 6.07) is 7.82. The van der Waals surface area contributed by atoms with Crippen LogP contribution in [0.2, 0.25) is 0 Å². The molecule has 0 saturated carbocycles. The maximum atomic E-state index is 13.2. The van der Waals surface area contributed by atoms with Gasteiger partial charge in [-0.1, -0.05) is 6.07 Å². The molecule has 2 aliphatic heterocycles. The molecule has 1 fully saturated rings. The van der Waals surface area contributed by atoms with Gasteiger partial charge in [-0.3, -0.25) is 19.5 Å². The van der Waals surface area contributed by atoms with Crippen LogP contribution in [0.1, 0.15) is 17.0 Å². The van der Waals surface area contributed by atoms with Crippen LogP contribution in [0.3, 0.4) is 0 Å². The minimum absolute atomic E-state index is 0.134. The van der Waals surface area contributed by atoms with E-state index < -0.39 is 0 Å². The highest BCUT2D eigenvalue weighted by molar-refractivity contribution is 6.14. The number of piperazine rings is 1. The Morgan fingerprint density at radius 3 is 2.66 bits per heavy atom. The number of aryl methyl sites for hydroxylation is 2. The van der Waals surface area contributed by atoms with Gasteiger partial charge >= 0.3 is 5.69 Å². The first kappa shape index (κ1) is 21.6. The van der Waals surface area contributed by atoms with Crippen molar-refractivity contribution in [3.63, 3.8) is 0 Å². The van der Waals surface area contributed by atoms with Crippen molar-refractivity contribution in [2.45, 2.75) is 13.5 Å². The molecule has 4 aromatic heterocycles. The van der Waals surface area contributed by atoms with Crippen LogP contribution in [-0.2, 0) is 13.6 Å². The summed E-state index contributed by atoms with van der Waals surface area (Å²) in [5.74, 6) is 8.93. The molecule has 182 valence electrons. The van der Waals surface area contributed by atoms with E-state index in [2.05, 4.69) is 31.9 Å². The summed E-state index contributed by atoms with van der Waals surface area (Å²) in [5.41, 5.74) is 2.31. The van der Waals surface area contributed by atoms with Crippen molar-refractivity contribution in [1.82, 2.24) is 28.6 Å². The van der Waals surface area contributed by atoms with E-state index in [0.29, 0.717) is 35.3 Å². The molecule has 0 aliphatic carbocycles. The number of furan rings is 1. The van der Waals surface area contributed by atoms with Crippen molar-refractivity contribution in [2.75, 3.05) is 49.3 Å². The summed E-state index contributed by atoms with van der Waals surface area (Å²) < 4.78 is 10.6. The summed E-state index contributed by atoms with van der Waals surface area (Å²) >= 11 is 0. The van der Waals surface area contributed by atoms with E-state index >= 15 is 0 Å². The van der Waals surface area contributed by atoms with Crippen molar-refractivity contribution >= 4 is 23.1 Å². The standard InChI is InChI=1S/C23H28N10O2/c1-16-5-6-18(25-14-16)30-10-7-29(8-11-30)9-12-31-22-27-21-20(33(22)28(2)23(31)34)19(26-15-32(21)24)17-4-3-13-35-17/h3-6,13-14H,7-12,15,24H2,1-2H3. The normalized spacial score (nSPS) is 16.7. The molecule has 6 rings (SSSR count). The number of aromatic nitrogens is 5. The highest BCUT2D eigenvalue weighted by atomic mass is 16.3. The molecule has 0 aromatic carbocycles. The van der Waals surface area contributed by atoms with Gasteiger partial charge in [0, 0.05) is 52.5 Å². The molecule has 0 unspecified atom stereocenters. The van der Waals surface area contributed by atoms with Crippen LogP contribution < -0.4 is 21.4 Å². The molecule has 6 heterocycles. The van der Waals surface area contributed by atoms with Gasteiger partial charge in [-0.2, -0.15) is 4.98 Å². The van der Waals surface area contributed by atoms with Gasteiger partial charge in [-0.25, -0.2) is 24.8 Å². The van der Waals surface area contributed by atoms with Gasteiger partial charge in [0.2, 0.25) is 5.78 Å². The van der Waals surface area contributed by atoms with E-state index in [1.54, 1.807) is 27.1 Å². The van der Waals surface area contributed by atoms with Crippen LogP contribution in [-0.4, -0.2) is 73.7 Å². The number of pyridine rings is 1. The van der Waals surface area contributed by atoms with Crippen LogP contribution in [0.25, 0.3) is 5.78 Å². The lowest BCUT2D eigenvalue weighted by Crippen LogP contribution is -2.47. The average molecular weight is 477 g/mol. The summed E-state index contributed by atoms with van der Waals surface area (Å²) in [6.07, 6.45) is 3.51. The predicted octanol–water partition coefficient (Wildman–Crippen LogP) is 0.442. The minimum atomic E-state index is -0.134. The SMILES string of the molecule is Cc1ccc(N2CCN(CCn3c(=O)n(C)n4c5c(nc34)N(N)CN=C5c3ccco3)CC2)nc1. The summed E-state index contributed by atoms with van der Waals surface area (Å²) in [7, 11) is 1.73. The fourth-order valence-electron chi connectivity index (χ4n) is 4.78. The quantitative estimate of drug-likeness (QED) is 0.412. The van der Waals surface area contributed by atoms with E-state index in [1.165, 1.54) is 5.01 Å². The molecule has 4 aromatic rings. The number of anilines is 2. The lowest BCUT2D eigenvalue weighted by Gasteiger charge is -2.35. The molecule has 2 N–H and O–H groups in total. The van der Waals surface area contributed by atoms with Gasteiger partial charge in [-0.15, -0.1) is 0 Å². The Morgan fingerprint density at radius 2 is 1.94 bits per heavy atom. The lowest BCUT2D eigenvalue weighted by molar-refractivity contribution is 0.247. The van der Waals surface area contributed by atoms with Crippen LogP contribution in [0.4, 0.5) is 11.6 Å². The summed E-state index contributed by atoms with van der Waals surface area (Å²) in [4.78, 5) is 31.7. The third kappa shape index (κ3) is 3.61. The summed E-state index contributed by atoms with van der Waals surface area (Å²) in [6.45, 7) is 7.20. The molecule has 35 heavy (non-hydrogen) atoms. The Morgan fingerprint density at radius 1 is 1.11 bits per heavy atom. The largest absolute Gasteiger partial charge is 0.463 e. The molecule has 0 bridgehead atoms. The van der Waals surface area contributed by atoms with Crippen molar-refractivity contribution in [1.29, 1.82) is 0 Å². The number of nitrogens with two attached hydrogens (primary N) is 1. The monoisotopic (exact) mass is 476 g/mol. The zero-order valence-corrected chi connectivity index (χ0v) is 19.8. The molecule has 12 nitrogen and oxygen atoms in total. The third-order valence-corrected chi connectivity index (χ3v) is 6.73. The topological polar surface area (TPSA) is 118 Å². The van der Waals surface area contributed by atoms with E-state index in [9.17, 15) is 4.79 Å². The third-order valence-electron chi connectivity index (χ3n) is 6.73. The summed E-state index contributed by atoms with van der Waals surface area (Å²) in [5, 5.41) is 1.49. The number of hydrogen-bond donors (Lipinski definition) is 1. The number of hydrogen-bond acceptors (Lipinski definition) is 9. The molecule has 1 saturated heterocycles. The van der Waals surface area contributed by atoms with E-state index in [0.717, 1.165) is 44.1 Å². The number of hydrazine groups is 1. The van der Waals surface area contributed by atoms with Crippen LogP contribution in [0.5, 0.6) is 0 Å². The average Bonchev–Trinajstić information content (AvgIpc) is 3.58. The Labute approximate surface area is 201 Å². The lowest BCUT2D eigenvalue weighted by atomic mass is 10.2. The Hall–Kier alpha value is -3.90. The predicted molar refractivity (Wildman–Crippen MR) is 132 cm³/mol. The highest BCUT2D eigenvalue weighted by Gasteiger charge is 2.31. The molecule has 0 radical (unpaired) electrons. The van der Waals surface area contributed by atoms with Gasteiger partial charge in [-0.05, 0) is 30.7 Å². The minimum Gasteiger partial charge on any atom is -0.463 e. The number of imidazole rings is 1. The van der Waals surface area contributed by atoms with E-state index in [4.69, 9.17) is 15.2 Å². The van der Waals surface area contributed by atoms with Gasteiger partial charge in [0.15, 0.2) is 11.6 Å². The number of fused-ring (bicyclic) bond motifs is 3. The van der Waals surface area contributed by atoms with Crippen molar-refractivity contribution in [2.24, 2.45) is 17.9 Å². The van der Waals surface area contributed by atoms with Gasteiger partial charge in [0.25, 0.3) is 0 Å². The second kappa shape index (κ2) is 8.40. The molecule has 0 spiro atoms. The smallest absolute Gasteiger partial charge is 0.345 e. The maximum absolute atomic E-state index is 13.2. The molecular weight excluding hydrogens is 448 g/mol. The molecule has 0 atom stereocenters. The van der Waals surface area contributed by atoms with Gasteiger partial charge in [0.05, 0.1) is 6.26 Å². The fraction of sp³-hybridized carbons (Fsp3) is 0.391. The van der Waals surface area contributed by atoms with Crippen LogP contribution >= 0.6 is 0 Å². The molecule has 12 heteroatoms. The molecular formula is C23H28N10O2. The maximum Gasteiger partial charge on any atom is 0.345 e. The zero-order valence-electron chi connectivity index (χ0n) is 19.8. The Balaban J connectivity index is 1.23. The van der Waals surface area contributed by atoms with Crippen LogP contribution in [0.15, 0.2) is 50.9 Å². The first-order valence-electron chi connectivity index (χ1n) is 11.7. The Kier molecular flexibility index (Phi) is 5.19. The van der Waals surface area contributed by atoms with Crippen molar-refractivity contribution < 1.29 is 4.42 Å². The van der Waals surface area contributed by atoms with E-state index in [1.807, 2.05) is 25.3 Å². The highest BCUT2D eigenvalue weighted by Crippen LogP contribution is 2.27. The second-order valence-electron chi connectivity index (χ2n) is 8.97. The van der Waals surface area contributed by atoms with Crippen molar-refractivity contribution in [3.8, 4) is 0 Å². The number of nitrogens with zero attached hydrogens (tertiary/aromatic N) is 9. The zero-order chi connectivity index (χ0) is 24.1. The second-order valence-corrected chi connectivity index (χ2v) is 8.97. The number of aliphatic imine (C=N–C) groups is 1. The molecule has 0 amide bonds.